The van der Waals surface area contributed by atoms with Crippen LogP contribution < -0.4 is 10.1 Å². The van der Waals surface area contributed by atoms with Crippen molar-refractivity contribution >= 4 is 39.8 Å². The first kappa shape index (κ1) is 21.7. The number of ether oxygens (including phenoxy) is 1. The third kappa shape index (κ3) is 6.23. The van der Waals surface area contributed by atoms with Crippen LogP contribution in [-0.2, 0) is 4.79 Å². The highest BCUT2D eigenvalue weighted by molar-refractivity contribution is 8.01. The van der Waals surface area contributed by atoms with Gasteiger partial charge in [-0.2, -0.15) is 0 Å². The van der Waals surface area contributed by atoms with E-state index in [0.717, 1.165) is 19.3 Å². The van der Waals surface area contributed by atoms with Crippen LogP contribution in [0.1, 0.15) is 33.1 Å². The van der Waals surface area contributed by atoms with Crippen molar-refractivity contribution in [2.75, 3.05) is 11.1 Å². The van der Waals surface area contributed by atoms with E-state index in [1.54, 1.807) is 0 Å². The van der Waals surface area contributed by atoms with Gasteiger partial charge in [0, 0.05) is 17.8 Å². The molecule has 0 unspecified atom stereocenters. The van der Waals surface area contributed by atoms with Crippen LogP contribution in [0.5, 0.6) is 5.75 Å². The molecular weight excluding hydrogens is 425 g/mol. The molecule has 3 rings (SSSR count). The van der Waals surface area contributed by atoms with Gasteiger partial charge < -0.3 is 15.0 Å². The highest BCUT2D eigenvalue weighted by Gasteiger charge is 2.31. The monoisotopic (exact) mass is 446 g/mol. The van der Waals surface area contributed by atoms with Gasteiger partial charge in [0.05, 0.1) is 5.75 Å². The molecule has 29 heavy (non-hydrogen) atoms. The average molecular weight is 447 g/mol. The number of nitrogens with one attached hydrogen (secondary N) is 1. The molecule has 1 aliphatic rings. The zero-order valence-corrected chi connectivity index (χ0v) is 17.5. The molecule has 1 aliphatic heterocycles. The van der Waals surface area contributed by atoms with E-state index in [1.807, 2.05) is 4.90 Å². The standard InChI is InChI=1S/C18H21F3N4O2S2/c1-11-4-3-5-12(2)25(11)15(26)10-28-17-24-23-16(29-17)22-13-6-8-14(9-7-13)27-18(19,20)21/h6-9,11-12H,3-5,10H2,1-2H3,(H,22,23)/t11-,12-/m0/s1. The van der Waals surface area contributed by atoms with Gasteiger partial charge in [-0.05, 0) is 57.4 Å². The van der Waals surface area contributed by atoms with Crippen LogP contribution in [0.3, 0.4) is 0 Å². The molecule has 158 valence electrons. The van der Waals surface area contributed by atoms with Crippen molar-refractivity contribution in [1.82, 2.24) is 15.1 Å². The number of piperidine rings is 1. The number of carbonyl (C=O) groups excluding carboxylic acids is 1. The van der Waals surface area contributed by atoms with Crippen molar-refractivity contribution in [2.45, 2.75) is 55.9 Å². The number of anilines is 2. The van der Waals surface area contributed by atoms with Gasteiger partial charge in [0.1, 0.15) is 5.75 Å². The number of hydrogen-bond acceptors (Lipinski definition) is 7. The molecule has 0 saturated carbocycles. The third-order valence-electron chi connectivity index (χ3n) is 4.55. The van der Waals surface area contributed by atoms with Crippen LogP contribution in [0.2, 0.25) is 0 Å². The first-order chi connectivity index (χ1) is 13.7. The second-order valence-electron chi connectivity index (χ2n) is 6.79. The Labute approximate surface area is 174 Å². The van der Waals surface area contributed by atoms with Gasteiger partial charge in [-0.3, -0.25) is 4.79 Å². The van der Waals surface area contributed by atoms with Gasteiger partial charge in [0.2, 0.25) is 11.0 Å². The molecule has 1 saturated heterocycles. The topological polar surface area (TPSA) is 67.4 Å². The minimum Gasteiger partial charge on any atom is -0.406 e. The summed E-state index contributed by atoms with van der Waals surface area (Å²) >= 11 is 2.61. The summed E-state index contributed by atoms with van der Waals surface area (Å²) in [7, 11) is 0. The Hall–Kier alpha value is -2.01. The van der Waals surface area contributed by atoms with E-state index in [2.05, 4.69) is 34.1 Å². The van der Waals surface area contributed by atoms with E-state index in [-0.39, 0.29) is 23.7 Å². The number of halogens is 3. The number of thioether (sulfide) groups is 1. The number of benzene rings is 1. The number of hydrogen-bond donors (Lipinski definition) is 1. The summed E-state index contributed by atoms with van der Waals surface area (Å²) in [6.07, 6.45) is -1.52. The van der Waals surface area contributed by atoms with Crippen LogP contribution in [0.4, 0.5) is 24.0 Å². The zero-order chi connectivity index (χ0) is 21.0. The summed E-state index contributed by atoms with van der Waals surface area (Å²) in [5.74, 6) is 0.100. The number of amides is 1. The first-order valence-corrected chi connectivity index (χ1v) is 10.9. The van der Waals surface area contributed by atoms with Crippen molar-refractivity contribution in [3.63, 3.8) is 0 Å². The molecule has 2 aromatic rings. The molecular formula is C18H21F3N4O2S2. The molecule has 11 heteroatoms. The number of likely N-dealkylation sites (tertiary alicyclic amines) is 1. The smallest absolute Gasteiger partial charge is 0.406 e. The Bertz CT molecular complexity index is 819. The highest BCUT2D eigenvalue weighted by atomic mass is 32.2. The molecule has 1 fully saturated rings. The number of alkyl halides is 3. The van der Waals surface area contributed by atoms with Crippen LogP contribution in [0.25, 0.3) is 0 Å². The molecule has 0 bridgehead atoms. The van der Waals surface area contributed by atoms with Crippen molar-refractivity contribution in [3.05, 3.63) is 24.3 Å². The third-order valence-corrected chi connectivity index (χ3v) is 6.50. The number of nitrogens with zero attached hydrogens (tertiary/aromatic N) is 3. The summed E-state index contributed by atoms with van der Waals surface area (Å²) in [6.45, 7) is 4.16. The fourth-order valence-electron chi connectivity index (χ4n) is 3.29. The summed E-state index contributed by atoms with van der Waals surface area (Å²) in [6, 6.07) is 5.85. The average Bonchev–Trinajstić information content (AvgIpc) is 3.08. The minimum atomic E-state index is -4.72. The predicted octanol–water partition coefficient (Wildman–Crippen LogP) is 5.06. The lowest BCUT2D eigenvalue weighted by molar-refractivity contribution is -0.274. The lowest BCUT2D eigenvalue weighted by atomic mass is 9.98. The Morgan fingerprint density at radius 1 is 1.24 bits per heavy atom. The SMILES string of the molecule is C[C@H]1CCC[C@H](C)N1C(=O)CSc1nnc(Nc2ccc(OC(F)(F)F)cc2)s1. The van der Waals surface area contributed by atoms with Gasteiger partial charge in [-0.25, -0.2) is 0 Å². The molecule has 6 nitrogen and oxygen atoms in total. The molecule has 1 aromatic heterocycles. The summed E-state index contributed by atoms with van der Waals surface area (Å²) in [5, 5.41) is 11.5. The van der Waals surface area contributed by atoms with E-state index in [4.69, 9.17) is 0 Å². The fraction of sp³-hybridized carbons (Fsp3) is 0.500. The Morgan fingerprint density at radius 3 is 2.52 bits per heavy atom. The fourth-order valence-corrected chi connectivity index (χ4v) is 4.93. The van der Waals surface area contributed by atoms with Crippen LogP contribution >= 0.6 is 23.1 Å². The van der Waals surface area contributed by atoms with Gasteiger partial charge in [0.15, 0.2) is 4.34 Å². The van der Waals surface area contributed by atoms with Crippen molar-refractivity contribution in [3.8, 4) is 5.75 Å². The second kappa shape index (κ2) is 9.21. The Balaban J connectivity index is 1.52. The maximum absolute atomic E-state index is 12.6. The summed E-state index contributed by atoms with van der Waals surface area (Å²) in [5.41, 5.74) is 0.555. The molecule has 0 spiro atoms. The van der Waals surface area contributed by atoms with Crippen molar-refractivity contribution in [1.29, 1.82) is 0 Å². The summed E-state index contributed by atoms with van der Waals surface area (Å²) < 4.78 is 41.1. The van der Waals surface area contributed by atoms with Gasteiger partial charge in [-0.15, -0.1) is 23.4 Å². The van der Waals surface area contributed by atoms with E-state index < -0.39 is 6.36 Å². The molecule has 2 heterocycles. The van der Waals surface area contributed by atoms with E-state index in [0.29, 0.717) is 20.9 Å². The largest absolute Gasteiger partial charge is 0.573 e. The number of carbonyl (C=O) groups is 1. The maximum Gasteiger partial charge on any atom is 0.573 e. The molecule has 0 aliphatic carbocycles. The first-order valence-electron chi connectivity index (χ1n) is 9.11. The summed E-state index contributed by atoms with van der Waals surface area (Å²) in [4.78, 5) is 14.5. The van der Waals surface area contributed by atoms with E-state index in [9.17, 15) is 18.0 Å². The van der Waals surface area contributed by atoms with Gasteiger partial charge in [0.25, 0.3) is 0 Å². The lowest BCUT2D eigenvalue weighted by Gasteiger charge is -2.39. The highest BCUT2D eigenvalue weighted by Crippen LogP contribution is 2.30. The van der Waals surface area contributed by atoms with E-state index >= 15 is 0 Å². The Morgan fingerprint density at radius 2 is 1.90 bits per heavy atom. The molecule has 2 atom stereocenters. The van der Waals surface area contributed by atoms with Crippen molar-refractivity contribution in [2.24, 2.45) is 0 Å². The number of rotatable bonds is 6. The van der Waals surface area contributed by atoms with Crippen LogP contribution in [0, 0.1) is 0 Å². The normalized spacial score (nSPS) is 19.8. The lowest BCUT2D eigenvalue weighted by Crippen LogP contribution is -2.48. The molecule has 0 radical (unpaired) electrons. The molecule has 1 N–H and O–H groups in total. The predicted molar refractivity (Wildman–Crippen MR) is 107 cm³/mol. The van der Waals surface area contributed by atoms with Gasteiger partial charge in [-0.1, -0.05) is 23.1 Å². The maximum atomic E-state index is 12.6. The zero-order valence-electron chi connectivity index (χ0n) is 15.9. The molecule has 1 amide bonds. The Kier molecular flexibility index (Phi) is 6.89. The molecule has 1 aromatic carbocycles. The minimum absolute atomic E-state index is 0.0969. The van der Waals surface area contributed by atoms with Gasteiger partial charge >= 0.3 is 6.36 Å². The quantitative estimate of drug-likeness (QED) is 0.626. The van der Waals surface area contributed by atoms with Crippen LogP contribution in [-0.4, -0.2) is 45.2 Å². The second-order valence-corrected chi connectivity index (χ2v) is 8.99. The van der Waals surface area contributed by atoms with Crippen molar-refractivity contribution < 1.29 is 22.7 Å². The number of aromatic nitrogens is 2. The van der Waals surface area contributed by atoms with Crippen LogP contribution in [0.15, 0.2) is 28.6 Å². The van der Waals surface area contributed by atoms with E-state index in [1.165, 1.54) is 47.4 Å².